The van der Waals surface area contributed by atoms with E-state index in [1.54, 1.807) is 36.5 Å². The summed E-state index contributed by atoms with van der Waals surface area (Å²) in [6.07, 6.45) is 1.85. The molecule has 3 rings (SSSR count). The first-order valence-corrected chi connectivity index (χ1v) is 5.87. The fourth-order valence-electron chi connectivity index (χ4n) is 1.95. The van der Waals surface area contributed by atoms with Crippen LogP contribution in [0.1, 0.15) is 16.1 Å². The van der Waals surface area contributed by atoms with Crippen molar-refractivity contribution in [1.82, 2.24) is 4.98 Å². The summed E-state index contributed by atoms with van der Waals surface area (Å²) in [7, 11) is 0. The molecule has 0 unspecified atom stereocenters. The monoisotopic (exact) mass is 253 g/mol. The minimum Gasteiger partial charge on any atom is -0.324 e. The molecule has 0 saturated carbocycles. The van der Waals surface area contributed by atoms with E-state index >= 15 is 0 Å². The maximum atomic E-state index is 12.0. The molecule has 5 heteroatoms. The van der Waals surface area contributed by atoms with Crippen molar-refractivity contribution in [3.05, 3.63) is 53.9 Å². The van der Waals surface area contributed by atoms with Gasteiger partial charge in [-0.3, -0.25) is 14.6 Å². The number of nitrogens with zero attached hydrogens (tertiary/aromatic N) is 1. The summed E-state index contributed by atoms with van der Waals surface area (Å²) in [5, 5.41) is 5.45. The molecule has 5 nitrogen and oxygen atoms in total. The lowest BCUT2D eigenvalue weighted by atomic mass is 10.2. The number of amides is 2. The maximum absolute atomic E-state index is 12.0. The zero-order chi connectivity index (χ0) is 13.2. The van der Waals surface area contributed by atoms with E-state index in [1.807, 2.05) is 6.07 Å². The van der Waals surface area contributed by atoms with Crippen LogP contribution in [0.4, 0.5) is 11.4 Å². The second-order valence-electron chi connectivity index (χ2n) is 4.26. The summed E-state index contributed by atoms with van der Waals surface area (Å²) in [4.78, 5) is 27.3. The van der Waals surface area contributed by atoms with Gasteiger partial charge in [-0.05, 0) is 18.2 Å². The smallest absolute Gasteiger partial charge is 0.255 e. The molecule has 0 atom stereocenters. The summed E-state index contributed by atoms with van der Waals surface area (Å²) in [5.74, 6) is -0.277. The number of fused-ring (bicyclic) bond motifs is 1. The van der Waals surface area contributed by atoms with Crippen LogP contribution < -0.4 is 10.6 Å². The van der Waals surface area contributed by atoms with Crippen molar-refractivity contribution >= 4 is 23.2 Å². The third kappa shape index (κ3) is 2.30. The quantitative estimate of drug-likeness (QED) is 0.857. The van der Waals surface area contributed by atoms with Gasteiger partial charge in [0, 0.05) is 5.56 Å². The number of rotatable bonds is 2. The van der Waals surface area contributed by atoms with Crippen molar-refractivity contribution in [2.45, 2.75) is 6.42 Å². The Labute approximate surface area is 109 Å². The van der Waals surface area contributed by atoms with E-state index in [1.165, 1.54) is 0 Å². The summed E-state index contributed by atoms with van der Waals surface area (Å²) in [6, 6.07) is 10.6. The van der Waals surface area contributed by atoms with Gasteiger partial charge in [-0.1, -0.05) is 18.2 Å². The molecule has 1 aliphatic rings. The Hall–Kier alpha value is -2.69. The van der Waals surface area contributed by atoms with Gasteiger partial charge in [0.25, 0.3) is 5.91 Å². The number of hydrogen-bond donors (Lipinski definition) is 2. The predicted octanol–water partition coefficient (Wildman–Crippen LogP) is 1.83. The average molecular weight is 253 g/mol. The van der Waals surface area contributed by atoms with Crippen LogP contribution in [0.5, 0.6) is 0 Å². The Morgan fingerprint density at radius 3 is 2.84 bits per heavy atom. The molecule has 1 aromatic heterocycles. The van der Waals surface area contributed by atoms with Crippen LogP contribution in [0.25, 0.3) is 0 Å². The molecule has 2 aromatic rings. The van der Waals surface area contributed by atoms with Crippen molar-refractivity contribution in [3.8, 4) is 0 Å². The van der Waals surface area contributed by atoms with Crippen LogP contribution in [-0.4, -0.2) is 16.8 Å². The molecule has 1 aliphatic heterocycles. The average Bonchev–Trinajstić information content (AvgIpc) is 2.79. The largest absolute Gasteiger partial charge is 0.324 e. The fourth-order valence-corrected chi connectivity index (χ4v) is 1.95. The lowest BCUT2D eigenvalue weighted by Gasteiger charge is -2.06. The first-order chi connectivity index (χ1) is 9.22. The normalized spacial score (nSPS) is 12.7. The summed E-state index contributed by atoms with van der Waals surface area (Å²) in [6.45, 7) is 0. The van der Waals surface area contributed by atoms with E-state index < -0.39 is 0 Å². The van der Waals surface area contributed by atoms with Gasteiger partial charge in [0.2, 0.25) is 5.91 Å². The molecule has 0 saturated heterocycles. The highest BCUT2D eigenvalue weighted by molar-refractivity contribution is 6.05. The van der Waals surface area contributed by atoms with Gasteiger partial charge in [-0.25, -0.2) is 0 Å². The predicted molar refractivity (Wildman–Crippen MR) is 71.0 cm³/mol. The van der Waals surface area contributed by atoms with Crippen LogP contribution in [0.15, 0.2) is 42.6 Å². The van der Waals surface area contributed by atoms with Crippen molar-refractivity contribution in [2.75, 3.05) is 10.6 Å². The molecule has 0 fully saturated rings. The second-order valence-corrected chi connectivity index (χ2v) is 4.26. The number of pyridine rings is 1. The molecule has 19 heavy (non-hydrogen) atoms. The fraction of sp³-hybridized carbons (Fsp3) is 0.0714. The lowest BCUT2D eigenvalue weighted by Crippen LogP contribution is -2.12. The molecule has 94 valence electrons. The molecule has 2 heterocycles. The molecular formula is C14H11N3O2. The molecule has 0 aliphatic carbocycles. The van der Waals surface area contributed by atoms with E-state index in [0.29, 0.717) is 29.1 Å². The Balaban J connectivity index is 1.80. The molecule has 0 bridgehead atoms. The van der Waals surface area contributed by atoms with Crippen LogP contribution in [-0.2, 0) is 11.2 Å². The Kier molecular flexibility index (Phi) is 2.72. The van der Waals surface area contributed by atoms with Gasteiger partial charge in [-0.15, -0.1) is 0 Å². The van der Waals surface area contributed by atoms with Gasteiger partial charge < -0.3 is 10.6 Å². The molecular weight excluding hydrogens is 242 g/mol. The van der Waals surface area contributed by atoms with Crippen LogP contribution >= 0.6 is 0 Å². The highest BCUT2D eigenvalue weighted by Gasteiger charge is 2.19. The molecule has 2 N–H and O–H groups in total. The highest BCUT2D eigenvalue weighted by Crippen LogP contribution is 2.24. The first kappa shape index (κ1) is 11.4. The van der Waals surface area contributed by atoms with E-state index in [4.69, 9.17) is 0 Å². The third-order valence-corrected chi connectivity index (χ3v) is 2.87. The standard InChI is InChI=1S/C14H11N3O2/c18-13-7-11-12(17-13)6-10(8-15-11)16-14(19)9-4-2-1-3-5-9/h1-6,8H,7H2,(H,16,19)(H,17,18). The number of nitrogens with one attached hydrogen (secondary N) is 2. The Morgan fingerprint density at radius 1 is 1.26 bits per heavy atom. The van der Waals surface area contributed by atoms with E-state index in [2.05, 4.69) is 15.6 Å². The van der Waals surface area contributed by atoms with Crippen molar-refractivity contribution in [1.29, 1.82) is 0 Å². The third-order valence-electron chi connectivity index (χ3n) is 2.87. The number of hydrogen-bond acceptors (Lipinski definition) is 3. The molecule has 2 amide bonds. The number of anilines is 2. The van der Waals surface area contributed by atoms with Gasteiger partial charge >= 0.3 is 0 Å². The van der Waals surface area contributed by atoms with Gasteiger partial charge in [0.1, 0.15) is 0 Å². The van der Waals surface area contributed by atoms with Crippen LogP contribution in [0.2, 0.25) is 0 Å². The summed E-state index contributed by atoms with van der Waals surface area (Å²) >= 11 is 0. The number of aromatic nitrogens is 1. The second kappa shape index (κ2) is 4.53. The zero-order valence-electron chi connectivity index (χ0n) is 10.0. The molecule has 0 radical (unpaired) electrons. The molecule has 0 spiro atoms. The minimum absolute atomic E-state index is 0.0750. The van der Waals surface area contributed by atoms with E-state index in [9.17, 15) is 9.59 Å². The van der Waals surface area contributed by atoms with Gasteiger partial charge in [0.15, 0.2) is 0 Å². The van der Waals surface area contributed by atoms with Crippen molar-refractivity contribution in [2.24, 2.45) is 0 Å². The maximum Gasteiger partial charge on any atom is 0.255 e. The minimum atomic E-state index is -0.202. The number of benzene rings is 1. The first-order valence-electron chi connectivity index (χ1n) is 5.87. The van der Waals surface area contributed by atoms with Crippen molar-refractivity contribution < 1.29 is 9.59 Å². The van der Waals surface area contributed by atoms with Gasteiger partial charge in [0.05, 0.1) is 29.7 Å². The van der Waals surface area contributed by atoms with E-state index in [0.717, 1.165) is 0 Å². The SMILES string of the molecule is O=C1Cc2ncc(NC(=O)c3ccccc3)cc2N1. The van der Waals surface area contributed by atoms with Gasteiger partial charge in [-0.2, -0.15) is 0 Å². The number of carbonyl (C=O) groups excluding carboxylic acids is 2. The summed E-state index contributed by atoms with van der Waals surface area (Å²) < 4.78 is 0. The number of carbonyl (C=O) groups is 2. The zero-order valence-corrected chi connectivity index (χ0v) is 10.0. The topological polar surface area (TPSA) is 71.1 Å². The van der Waals surface area contributed by atoms with E-state index in [-0.39, 0.29) is 11.8 Å². The summed E-state index contributed by atoms with van der Waals surface area (Å²) in [5.41, 5.74) is 2.51. The Bertz CT molecular complexity index is 653. The highest BCUT2D eigenvalue weighted by atomic mass is 16.2. The lowest BCUT2D eigenvalue weighted by molar-refractivity contribution is -0.115. The van der Waals surface area contributed by atoms with Crippen molar-refractivity contribution in [3.63, 3.8) is 0 Å². The van der Waals surface area contributed by atoms with Crippen LogP contribution in [0.3, 0.4) is 0 Å². The van der Waals surface area contributed by atoms with Crippen LogP contribution in [0, 0.1) is 0 Å². The Morgan fingerprint density at radius 2 is 2.05 bits per heavy atom. The molecule has 1 aromatic carbocycles.